The van der Waals surface area contributed by atoms with Crippen molar-refractivity contribution in [1.82, 2.24) is 4.98 Å². The summed E-state index contributed by atoms with van der Waals surface area (Å²) in [5.74, 6) is 0.357. The lowest BCUT2D eigenvalue weighted by Gasteiger charge is -2.30. The van der Waals surface area contributed by atoms with Gasteiger partial charge < -0.3 is 10.0 Å². The Morgan fingerprint density at radius 1 is 1.20 bits per heavy atom. The predicted molar refractivity (Wildman–Crippen MR) is 78.5 cm³/mol. The Hall–Kier alpha value is -1.66. The van der Waals surface area contributed by atoms with Crippen LogP contribution in [0.5, 0.6) is 0 Å². The Morgan fingerprint density at radius 3 is 2.60 bits per heavy atom. The van der Waals surface area contributed by atoms with Crippen LogP contribution >= 0.6 is 0 Å². The smallest absolute Gasteiger partial charge is 0.153 e. The molecule has 1 aromatic carbocycles. The van der Waals surface area contributed by atoms with Crippen LogP contribution in [0, 0.1) is 0 Å². The minimum absolute atomic E-state index is 0.121. The van der Waals surface area contributed by atoms with Crippen molar-refractivity contribution < 1.29 is 13.5 Å². The van der Waals surface area contributed by atoms with E-state index in [0.29, 0.717) is 18.8 Å². The van der Waals surface area contributed by atoms with Gasteiger partial charge in [0, 0.05) is 24.2 Å². The Labute approximate surface area is 117 Å². The molecular weight excluding hydrogens is 276 g/mol. The lowest BCUT2D eigenvalue weighted by Crippen LogP contribution is -2.40. The molecular formula is C14H16N2O3S. The number of aliphatic hydroxyl groups excluding tert-OH is 1. The van der Waals surface area contributed by atoms with E-state index in [0.717, 1.165) is 16.6 Å². The summed E-state index contributed by atoms with van der Waals surface area (Å²) in [5.41, 5.74) is 2.38. The van der Waals surface area contributed by atoms with Crippen molar-refractivity contribution in [3.63, 3.8) is 0 Å². The predicted octanol–water partition coefficient (Wildman–Crippen LogP) is 0.962. The van der Waals surface area contributed by atoms with Gasteiger partial charge in [0.15, 0.2) is 9.84 Å². The summed E-state index contributed by atoms with van der Waals surface area (Å²) < 4.78 is 23.1. The number of aliphatic hydroxyl groups is 1. The zero-order valence-electron chi connectivity index (χ0n) is 11.0. The molecule has 0 saturated carbocycles. The lowest BCUT2D eigenvalue weighted by molar-refractivity contribution is 0.277. The zero-order valence-corrected chi connectivity index (χ0v) is 11.8. The van der Waals surface area contributed by atoms with Crippen LogP contribution in [0.3, 0.4) is 0 Å². The highest BCUT2D eigenvalue weighted by molar-refractivity contribution is 7.91. The zero-order chi connectivity index (χ0) is 14.2. The lowest BCUT2D eigenvalue weighted by atomic mass is 10.1. The highest BCUT2D eigenvalue weighted by atomic mass is 32.2. The SMILES string of the molecule is O=S1(=O)CCN(c2cc(CO)nc3ccccc23)CC1. The Bertz CT molecular complexity index is 729. The number of benzene rings is 1. The van der Waals surface area contributed by atoms with Gasteiger partial charge in [-0.15, -0.1) is 0 Å². The number of fused-ring (bicyclic) bond motifs is 1. The van der Waals surface area contributed by atoms with Gasteiger partial charge in [0.25, 0.3) is 0 Å². The molecule has 1 saturated heterocycles. The second-order valence-electron chi connectivity index (χ2n) is 4.95. The molecule has 2 heterocycles. The van der Waals surface area contributed by atoms with Gasteiger partial charge >= 0.3 is 0 Å². The molecule has 1 N–H and O–H groups in total. The van der Waals surface area contributed by atoms with E-state index in [1.54, 1.807) is 0 Å². The number of hydrogen-bond acceptors (Lipinski definition) is 5. The second kappa shape index (κ2) is 5.03. The summed E-state index contributed by atoms with van der Waals surface area (Å²) in [5, 5.41) is 10.3. The maximum Gasteiger partial charge on any atom is 0.153 e. The number of hydrogen-bond donors (Lipinski definition) is 1. The van der Waals surface area contributed by atoms with E-state index in [9.17, 15) is 13.5 Å². The molecule has 3 rings (SSSR count). The molecule has 0 amide bonds. The number of sulfone groups is 1. The number of anilines is 1. The average molecular weight is 292 g/mol. The van der Waals surface area contributed by atoms with E-state index < -0.39 is 9.84 Å². The van der Waals surface area contributed by atoms with Gasteiger partial charge in [-0.1, -0.05) is 18.2 Å². The molecule has 0 bridgehead atoms. The summed E-state index contributed by atoms with van der Waals surface area (Å²) >= 11 is 0. The minimum atomic E-state index is -2.90. The number of nitrogens with zero attached hydrogens (tertiary/aromatic N) is 2. The van der Waals surface area contributed by atoms with Crippen molar-refractivity contribution >= 4 is 26.4 Å². The number of para-hydroxylation sites is 1. The quantitative estimate of drug-likeness (QED) is 0.893. The fourth-order valence-electron chi connectivity index (χ4n) is 2.51. The molecule has 2 aromatic rings. The van der Waals surface area contributed by atoms with Crippen LogP contribution in [0.15, 0.2) is 30.3 Å². The first kappa shape index (κ1) is 13.3. The van der Waals surface area contributed by atoms with E-state index >= 15 is 0 Å². The molecule has 1 aliphatic heterocycles. The van der Waals surface area contributed by atoms with E-state index in [1.807, 2.05) is 30.3 Å². The van der Waals surface area contributed by atoms with Crippen LogP contribution in [-0.2, 0) is 16.4 Å². The fraction of sp³-hybridized carbons (Fsp3) is 0.357. The standard InChI is InChI=1S/C14H16N2O3S/c17-10-11-9-14(12-3-1-2-4-13(12)15-11)16-5-7-20(18,19)8-6-16/h1-4,9,17H,5-8,10H2. The highest BCUT2D eigenvalue weighted by Crippen LogP contribution is 2.28. The molecule has 0 unspecified atom stereocenters. The van der Waals surface area contributed by atoms with Crippen LogP contribution in [0.25, 0.3) is 10.9 Å². The first-order valence-electron chi connectivity index (χ1n) is 6.54. The fourth-order valence-corrected chi connectivity index (χ4v) is 3.71. The largest absolute Gasteiger partial charge is 0.390 e. The van der Waals surface area contributed by atoms with Crippen LogP contribution in [0.2, 0.25) is 0 Å². The van der Waals surface area contributed by atoms with Crippen molar-refractivity contribution in [2.75, 3.05) is 29.5 Å². The van der Waals surface area contributed by atoms with Gasteiger partial charge in [0.2, 0.25) is 0 Å². The van der Waals surface area contributed by atoms with Crippen LogP contribution in [0.4, 0.5) is 5.69 Å². The topological polar surface area (TPSA) is 70.5 Å². The van der Waals surface area contributed by atoms with Crippen molar-refractivity contribution in [3.05, 3.63) is 36.0 Å². The van der Waals surface area contributed by atoms with Crippen LogP contribution in [-0.4, -0.2) is 43.1 Å². The third kappa shape index (κ3) is 2.48. The number of rotatable bonds is 2. The summed E-state index contributed by atoms with van der Waals surface area (Å²) in [7, 11) is -2.90. The monoisotopic (exact) mass is 292 g/mol. The molecule has 0 aliphatic carbocycles. The molecule has 106 valence electrons. The Kier molecular flexibility index (Phi) is 3.35. The summed E-state index contributed by atoms with van der Waals surface area (Å²) in [4.78, 5) is 6.44. The van der Waals surface area contributed by atoms with Crippen LogP contribution < -0.4 is 4.90 Å². The van der Waals surface area contributed by atoms with E-state index in [4.69, 9.17) is 0 Å². The molecule has 0 atom stereocenters. The van der Waals surface area contributed by atoms with Crippen molar-refractivity contribution in [1.29, 1.82) is 0 Å². The van der Waals surface area contributed by atoms with Crippen LogP contribution in [0.1, 0.15) is 5.69 Å². The summed E-state index contributed by atoms with van der Waals surface area (Å²) in [6.45, 7) is 0.854. The molecule has 20 heavy (non-hydrogen) atoms. The number of pyridine rings is 1. The molecule has 0 spiro atoms. The molecule has 1 aromatic heterocycles. The van der Waals surface area contributed by atoms with Gasteiger partial charge in [-0.25, -0.2) is 8.42 Å². The maximum absolute atomic E-state index is 11.5. The third-order valence-electron chi connectivity index (χ3n) is 3.59. The molecule has 1 fully saturated rings. The van der Waals surface area contributed by atoms with Crippen molar-refractivity contribution in [3.8, 4) is 0 Å². The molecule has 0 radical (unpaired) electrons. The average Bonchev–Trinajstić information content (AvgIpc) is 2.46. The van der Waals surface area contributed by atoms with E-state index in [2.05, 4.69) is 9.88 Å². The Morgan fingerprint density at radius 2 is 1.90 bits per heavy atom. The van der Waals surface area contributed by atoms with Gasteiger partial charge in [-0.2, -0.15) is 0 Å². The number of aromatic nitrogens is 1. The first-order valence-corrected chi connectivity index (χ1v) is 8.36. The molecule has 6 heteroatoms. The van der Waals surface area contributed by atoms with Crippen molar-refractivity contribution in [2.45, 2.75) is 6.61 Å². The van der Waals surface area contributed by atoms with Gasteiger partial charge in [0.05, 0.1) is 29.3 Å². The van der Waals surface area contributed by atoms with Gasteiger partial charge in [0.1, 0.15) is 0 Å². The van der Waals surface area contributed by atoms with E-state index in [1.165, 1.54) is 0 Å². The second-order valence-corrected chi connectivity index (χ2v) is 7.25. The minimum Gasteiger partial charge on any atom is -0.390 e. The normalized spacial score (nSPS) is 18.4. The summed E-state index contributed by atoms with van der Waals surface area (Å²) in [6.07, 6.45) is 0. The molecule has 1 aliphatic rings. The highest BCUT2D eigenvalue weighted by Gasteiger charge is 2.23. The third-order valence-corrected chi connectivity index (χ3v) is 5.20. The van der Waals surface area contributed by atoms with Crippen molar-refractivity contribution in [2.24, 2.45) is 0 Å². The first-order chi connectivity index (χ1) is 9.59. The summed E-state index contributed by atoms with van der Waals surface area (Å²) in [6, 6.07) is 9.56. The van der Waals surface area contributed by atoms with Gasteiger partial charge in [-0.05, 0) is 12.1 Å². The van der Waals surface area contributed by atoms with Gasteiger partial charge in [-0.3, -0.25) is 4.98 Å². The maximum atomic E-state index is 11.5. The Balaban J connectivity index is 2.06. The molecule has 5 nitrogen and oxygen atoms in total. The van der Waals surface area contributed by atoms with E-state index in [-0.39, 0.29) is 18.1 Å².